The molecule has 0 N–H and O–H groups in total. The van der Waals surface area contributed by atoms with Gasteiger partial charge in [-0.25, -0.2) is 0 Å². The van der Waals surface area contributed by atoms with Gasteiger partial charge in [0.2, 0.25) is 0 Å². The van der Waals surface area contributed by atoms with Gasteiger partial charge in [0.05, 0.1) is 0 Å². The van der Waals surface area contributed by atoms with Crippen molar-refractivity contribution < 1.29 is 0 Å². The second kappa shape index (κ2) is 35.0. The first kappa shape index (κ1) is 38.0. The Kier molecular flexibility index (Phi) is 35.0. The van der Waals surface area contributed by atoms with Crippen molar-refractivity contribution >= 4 is 0 Å². The molecule has 0 aromatic heterocycles. The van der Waals surface area contributed by atoms with Crippen molar-refractivity contribution in [3.05, 3.63) is 0 Å². The third-order valence-corrected chi connectivity index (χ3v) is 9.15. The third kappa shape index (κ3) is 32.2. The molecule has 0 fully saturated rings. The van der Waals surface area contributed by atoms with Crippen LogP contribution in [0.3, 0.4) is 0 Å². The minimum atomic E-state index is 1.04. The lowest BCUT2D eigenvalue weighted by atomic mass is 9.89. The Balaban J connectivity index is 3.66. The minimum absolute atomic E-state index is 1.04. The summed E-state index contributed by atoms with van der Waals surface area (Å²) >= 11 is 0. The van der Waals surface area contributed by atoms with Gasteiger partial charge in [-0.15, -0.1) is 0 Å². The predicted molar refractivity (Wildman–Crippen MR) is 177 cm³/mol. The highest BCUT2D eigenvalue weighted by atomic mass is 14.1. The molecule has 0 saturated heterocycles. The van der Waals surface area contributed by atoms with Crippen LogP contribution in [0, 0.1) is 5.92 Å². The summed E-state index contributed by atoms with van der Waals surface area (Å²) in [6, 6.07) is 0. The van der Waals surface area contributed by atoms with E-state index in [1.165, 1.54) is 218 Å². The maximum atomic E-state index is 2.33. The fraction of sp³-hybridized carbons (Fsp3) is 1.00. The van der Waals surface area contributed by atoms with Crippen molar-refractivity contribution in [3.63, 3.8) is 0 Å². The summed E-state index contributed by atoms with van der Waals surface area (Å²) in [5.74, 6) is 1.04. The van der Waals surface area contributed by atoms with Crippen LogP contribution >= 0.6 is 0 Å². The van der Waals surface area contributed by atoms with Crippen LogP contribution in [-0.2, 0) is 0 Å². The van der Waals surface area contributed by atoms with Crippen molar-refractivity contribution in [2.24, 2.45) is 5.92 Å². The van der Waals surface area contributed by atoms with Crippen molar-refractivity contribution in [2.75, 3.05) is 0 Å². The van der Waals surface area contributed by atoms with Gasteiger partial charge in [0.1, 0.15) is 0 Å². The molecule has 230 valence electrons. The van der Waals surface area contributed by atoms with Crippen molar-refractivity contribution in [1.29, 1.82) is 0 Å². The van der Waals surface area contributed by atoms with Crippen LogP contribution in [0.25, 0.3) is 0 Å². The number of hydrogen-bond donors (Lipinski definition) is 0. The van der Waals surface area contributed by atoms with Gasteiger partial charge in [0.25, 0.3) is 0 Å². The molecule has 0 aromatic carbocycles. The van der Waals surface area contributed by atoms with Gasteiger partial charge in [-0.2, -0.15) is 0 Å². The molecule has 0 heteroatoms. The van der Waals surface area contributed by atoms with E-state index in [0.717, 1.165) is 5.92 Å². The lowest BCUT2D eigenvalue weighted by Crippen LogP contribution is -2.01. The Hall–Kier alpha value is 0. The largest absolute Gasteiger partial charge is 0.0654 e. The molecular weight excluding hydrogens is 456 g/mol. The van der Waals surface area contributed by atoms with Gasteiger partial charge in [-0.3, -0.25) is 0 Å². The number of unbranched alkanes of at least 4 members (excludes halogenated alkanes) is 28. The van der Waals surface area contributed by atoms with E-state index in [2.05, 4.69) is 20.8 Å². The first-order valence-corrected chi connectivity index (χ1v) is 18.8. The van der Waals surface area contributed by atoms with Crippen LogP contribution in [0.4, 0.5) is 0 Å². The zero-order valence-electron chi connectivity index (χ0n) is 27.6. The molecule has 1 atom stereocenters. The van der Waals surface area contributed by atoms with Crippen molar-refractivity contribution in [1.82, 2.24) is 0 Å². The highest BCUT2D eigenvalue weighted by molar-refractivity contribution is 4.62. The molecule has 1 unspecified atom stereocenters. The molecule has 0 aliphatic rings. The first-order valence-electron chi connectivity index (χ1n) is 18.8. The predicted octanol–water partition coefficient (Wildman–Crippen LogP) is 14.9. The highest BCUT2D eigenvalue weighted by Crippen LogP contribution is 2.25. The molecule has 0 saturated carbocycles. The summed E-state index contributed by atoms with van der Waals surface area (Å²) in [6.07, 6.45) is 50.3. The van der Waals surface area contributed by atoms with E-state index in [-0.39, 0.29) is 0 Å². The fourth-order valence-electron chi connectivity index (χ4n) is 6.37. The smallest absolute Gasteiger partial charge is 0.0414 e. The Morgan fingerprint density at radius 2 is 0.368 bits per heavy atom. The Morgan fingerprint density at radius 3 is 0.553 bits per heavy atom. The Labute approximate surface area is 244 Å². The Morgan fingerprint density at radius 1 is 0.211 bits per heavy atom. The van der Waals surface area contributed by atoms with E-state index in [0.29, 0.717) is 0 Å². The van der Waals surface area contributed by atoms with Crippen molar-refractivity contribution in [2.45, 2.75) is 239 Å². The van der Waals surface area contributed by atoms with E-state index < -0.39 is 0 Å². The molecule has 0 heterocycles. The lowest BCUT2D eigenvalue weighted by molar-refractivity contribution is 0.365. The Bertz CT molecular complexity index is 385. The first-order chi connectivity index (χ1) is 18.8. The van der Waals surface area contributed by atoms with E-state index in [1.807, 2.05) is 0 Å². The molecule has 0 aliphatic heterocycles. The van der Waals surface area contributed by atoms with E-state index >= 15 is 0 Å². The summed E-state index contributed by atoms with van der Waals surface area (Å²) in [5.41, 5.74) is 0. The van der Waals surface area contributed by atoms with Crippen molar-refractivity contribution in [3.8, 4) is 0 Å². The summed E-state index contributed by atoms with van der Waals surface area (Å²) in [5, 5.41) is 0. The molecule has 0 radical (unpaired) electrons. The van der Waals surface area contributed by atoms with Gasteiger partial charge in [-0.1, -0.05) is 239 Å². The minimum Gasteiger partial charge on any atom is -0.0654 e. The van der Waals surface area contributed by atoms with Crippen LogP contribution in [0.1, 0.15) is 239 Å². The summed E-state index contributed by atoms with van der Waals surface area (Å²) in [4.78, 5) is 0. The normalized spacial score (nSPS) is 12.4. The molecule has 0 bridgehead atoms. The van der Waals surface area contributed by atoms with Crippen LogP contribution < -0.4 is 0 Å². The van der Waals surface area contributed by atoms with Gasteiger partial charge >= 0.3 is 0 Å². The van der Waals surface area contributed by atoms with Gasteiger partial charge in [-0.05, 0) is 5.92 Å². The SMILES string of the molecule is CCCCCCCCCCCCCCCCCCCC(CCCCCCCC)CCCCCCCCCC. The van der Waals surface area contributed by atoms with Gasteiger partial charge in [0, 0.05) is 0 Å². The maximum absolute atomic E-state index is 2.33. The van der Waals surface area contributed by atoms with Crippen LogP contribution in [0.2, 0.25) is 0 Å². The van der Waals surface area contributed by atoms with E-state index in [1.54, 1.807) is 0 Å². The van der Waals surface area contributed by atoms with Crippen LogP contribution in [-0.4, -0.2) is 0 Å². The van der Waals surface area contributed by atoms with Gasteiger partial charge < -0.3 is 0 Å². The summed E-state index contributed by atoms with van der Waals surface area (Å²) in [6.45, 7) is 6.97. The second-order valence-electron chi connectivity index (χ2n) is 13.1. The topological polar surface area (TPSA) is 0 Å². The monoisotopic (exact) mass is 535 g/mol. The molecule has 38 heavy (non-hydrogen) atoms. The van der Waals surface area contributed by atoms with E-state index in [4.69, 9.17) is 0 Å². The molecule has 0 aliphatic carbocycles. The number of hydrogen-bond acceptors (Lipinski definition) is 0. The van der Waals surface area contributed by atoms with E-state index in [9.17, 15) is 0 Å². The maximum Gasteiger partial charge on any atom is -0.0414 e. The molecule has 0 rings (SSSR count). The quantitative estimate of drug-likeness (QED) is 0.0720. The average Bonchev–Trinajstić information content (AvgIpc) is 2.93. The molecule has 0 amide bonds. The van der Waals surface area contributed by atoms with Crippen LogP contribution in [0.15, 0.2) is 0 Å². The van der Waals surface area contributed by atoms with Gasteiger partial charge in [0.15, 0.2) is 0 Å². The molecule has 0 nitrogen and oxygen atoms in total. The zero-order valence-corrected chi connectivity index (χ0v) is 27.6. The lowest BCUT2D eigenvalue weighted by Gasteiger charge is -2.17. The second-order valence-corrected chi connectivity index (χ2v) is 13.1. The third-order valence-electron chi connectivity index (χ3n) is 9.15. The molecule has 0 spiro atoms. The van der Waals surface area contributed by atoms with Crippen LogP contribution in [0.5, 0.6) is 0 Å². The molecule has 0 aromatic rings. The molecular formula is C38H78. The standard InChI is InChI=1S/C38H78/c1-4-7-10-13-16-18-19-20-21-22-23-24-25-26-28-31-34-37-38(35-32-29-15-12-9-6-3)36-33-30-27-17-14-11-8-5-2/h38H,4-37H2,1-3H3. The fourth-order valence-corrected chi connectivity index (χ4v) is 6.37. The zero-order chi connectivity index (χ0) is 27.6. The highest BCUT2D eigenvalue weighted by Gasteiger charge is 2.09. The summed E-state index contributed by atoms with van der Waals surface area (Å²) < 4.78 is 0. The number of rotatable bonds is 34. The average molecular weight is 535 g/mol. The summed E-state index contributed by atoms with van der Waals surface area (Å²) in [7, 11) is 0.